The molecule has 0 saturated carbocycles. The smallest absolute Gasteiger partial charge is 0.336 e. The van der Waals surface area contributed by atoms with Crippen molar-refractivity contribution in [2.45, 2.75) is 68.2 Å². The molecule has 334 valence electrons. The van der Waals surface area contributed by atoms with Crippen LogP contribution in [0.5, 0.6) is 5.75 Å². The van der Waals surface area contributed by atoms with E-state index in [0.29, 0.717) is 77.6 Å². The average Bonchev–Trinajstić information content (AvgIpc) is 3.28. The topological polar surface area (TPSA) is 252 Å². The van der Waals surface area contributed by atoms with E-state index >= 15 is 0 Å². The highest BCUT2D eigenvalue weighted by Crippen LogP contribution is 2.42. The van der Waals surface area contributed by atoms with E-state index in [4.69, 9.17) is 16.6 Å². The number of unbranched alkanes of at least 4 members (excludes halogenated alkanes) is 2. The fraction of sp³-hybridized carbons (Fsp3) is 0.298. The molecule has 0 aromatic heterocycles. The fourth-order valence-corrected chi connectivity index (χ4v) is 6.22. The van der Waals surface area contributed by atoms with E-state index in [1.807, 2.05) is 7.05 Å². The number of carboxylic acids is 1. The number of phenols is 1. The number of carbonyl (C=O) groups is 1. The number of carboxylic acid groups (broad SMARTS) is 1. The monoisotopic (exact) mass is 882 g/mol. The van der Waals surface area contributed by atoms with Gasteiger partial charge in [0.15, 0.2) is 10.5 Å². The number of hydrogen-bond donors (Lipinski definition) is 6. The van der Waals surface area contributed by atoms with Crippen LogP contribution >= 0.6 is 12.2 Å². The summed E-state index contributed by atoms with van der Waals surface area (Å²) in [6.07, 6.45) is 3.14. The third kappa shape index (κ3) is 12.4. The Hall–Kier alpha value is -6.75. The number of nitrogens with two attached hydrogens (primary N) is 1. The third-order valence-electron chi connectivity index (χ3n) is 10.2. The maximum absolute atomic E-state index is 12.3. The molecule has 1 aliphatic heterocycles. The number of rotatable bonds is 9. The number of phenolic OH excluding ortho intramolecular Hbond substituents is 1. The van der Waals surface area contributed by atoms with Crippen LogP contribution < -0.4 is 59.7 Å². The number of nitrogens with one attached hydrogen (secondary N) is 3. The number of aromatic hydroxyl groups is 1. The van der Waals surface area contributed by atoms with Gasteiger partial charge in [0.05, 0.1) is 5.56 Å². The van der Waals surface area contributed by atoms with E-state index < -0.39 is 5.97 Å². The first-order valence-electron chi connectivity index (χ1n) is 19.4. The van der Waals surface area contributed by atoms with E-state index in [0.717, 1.165) is 32.4 Å². The maximum Gasteiger partial charge on any atom is 0.336 e. The summed E-state index contributed by atoms with van der Waals surface area (Å²) in [7, 11) is 3.43. The Labute approximate surface area is 368 Å². The molecule has 1 aliphatic carbocycles. The molecule has 15 nitrogen and oxygen atoms in total. The highest BCUT2D eigenvalue weighted by molar-refractivity contribution is 7.80. The zero-order valence-electron chi connectivity index (χ0n) is 35.8. The number of thiocarbonyl (C=S) groups is 1. The summed E-state index contributed by atoms with van der Waals surface area (Å²) in [5, 5.41) is 30.4. The lowest BCUT2D eigenvalue weighted by Gasteiger charge is -2.18. The van der Waals surface area contributed by atoms with Crippen molar-refractivity contribution in [2.24, 2.45) is 5.73 Å². The van der Waals surface area contributed by atoms with Gasteiger partial charge in [0, 0.05) is 74.3 Å². The number of anilines is 1. The van der Waals surface area contributed by atoms with Gasteiger partial charge in [-0.25, -0.2) is 4.79 Å². The fourth-order valence-electron chi connectivity index (χ4n) is 6.00. The predicted molar refractivity (Wildman–Crippen MR) is 254 cm³/mol. The first-order chi connectivity index (χ1) is 29.3. The molecule has 0 spiro atoms. The summed E-state index contributed by atoms with van der Waals surface area (Å²) >= 11 is 5.38. The third-order valence-corrected chi connectivity index (χ3v) is 10.4. The standard InChI is InChI=1S/C27H27N3O5S.3C6H6O2.CH5N.CH4/c1-28-11-3-2-4-12-29-27(36)30-16-5-8-19(22(13-16)26(33)34)25-20-9-6-17(31)14-23(20)35-24-15-18(32)7-10-21(24)25;3*1-3-4(2)6(8)5(3)7;1-2;/h5-10,13-15,28,31H,2-4,11-12H2,1H3,(H,33,34)(H2,29,30,36);3*1-2H3;2H2,1H3;1H4. The van der Waals surface area contributed by atoms with Gasteiger partial charge in [-0.3, -0.25) is 33.6 Å². The SMILES string of the molecule is C.CN.CNCCCCCNC(=S)Nc1ccc(-c2c3ccc(=O)cc-3oc3cc(O)ccc23)c(C(=O)O)c1.Cc1c(C)c(=O)c1=O.Cc1c(C)c(=O)c1=O.Cc1c(C)c(=O)c1=O. The summed E-state index contributed by atoms with van der Waals surface area (Å²) in [6, 6.07) is 14.0. The molecule has 63 heavy (non-hydrogen) atoms. The maximum atomic E-state index is 12.3. The Kier molecular flexibility index (Phi) is 19.5. The van der Waals surface area contributed by atoms with Crippen molar-refractivity contribution < 1.29 is 19.4 Å². The van der Waals surface area contributed by atoms with Crippen LogP contribution in [0.15, 0.2) is 92.6 Å². The van der Waals surface area contributed by atoms with Crippen molar-refractivity contribution in [1.82, 2.24) is 10.6 Å². The van der Waals surface area contributed by atoms with Gasteiger partial charge >= 0.3 is 5.97 Å². The summed E-state index contributed by atoms with van der Waals surface area (Å²) in [5.41, 5.74) is 8.65. The Balaban J connectivity index is 0.000000405. The van der Waals surface area contributed by atoms with E-state index in [9.17, 15) is 48.6 Å². The second-order valence-corrected chi connectivity index (χ2v) is 14.6. The zero-order chi connectivity index (χ0) is 46.6. The lowest BCUT2D eigenvalue weighted by atomic mass is 9.90. The van der Waals surface area contributed by atoms with Crippen LogP contribution in [0.1, 0.15) is 70.4 Å². The van der Waals surface area contributed by atoms with E-state index in [1.165, 1.54) is 37.4 Å². The molecular formula is C47H54N4O11S. The van der Waals surface area contributed by atoms with Crippen molar-refractivity contribution in [3.05, 3.63) is 165 Å². The number of benzene rings is 3. The van der Waals surface area contributed by atoms with Crippen molar-refractivity contribution in [3.8, 4) is 28.2 Å². The van der Waals surface area contributed by atoms with Gasteiger partial charge in [-0.05, 0) is 129 Å². The summed E-state index contributed by atoms with van der Waals surface area (Å²) in [6.45, 7) is 11.7. The van der Waals surface area contributed by atoms with Crippen LogP contribution in [0.3, 0.4) is 0 Å². The molecule has 2 aliphatic rings. The van der Waals surface area contributed by atoms with Gasteiger partial charge in [0.2, 0.25) is 32.6 Å². The van der Waals surface area contributed by atoms with Crippen molar-refractivity contribution in [1.29, 1.82) is 0 Å². The van der Waals surface area contributed by atoms with Crippen molar-refractivity contribution >= 4 is 40.0 Å². The quantitative estimate of drug-likeness (QED) is 0.0503. The zero-order valence-corrected chi connectivity index (χ0v) is 36.6. The van der Waals surface area contributed by atoms with Crippen LogP contribution in [0, 0.1) is 41.5 Å². The molecular weight excluding hydrogens is 829 g/mol. The van der Waals surface area contributed by atoms with E-state index in [2.05, 4.69) is 21.7 Å². The number of aromatic carboxylic acids is 1. The van der Waals surface area contributed by atoms with Crippen LogP contribution in [0.4, 0.5) is 5.69 Å². The lowest BCUT2D eigenvalue weighted by molar-refractivity contribution is 0.0697. The van der Waals surface area contributed by atoms with Crippen molar-refractivity contribution in [2.75, 3.05) is 32.5 Å². The van der Waals surface area contributed by atoms with Gasteiger partial charge in [0.25, 0.3) is 0 Å². The largest absolute Gasteiger partial charge is 0.508 e. The molecule has 0 amide bonds. The van der Waals surface area contributed by atoms with Crippen LogP contribution in [0.25, 0.3) is 33.4 Å². The molecule has 0 atom stereocenters. The molecule has 1 heterocycles. The van der Waals surface area contributed by atoms with Crippen LogP contribution in [-0.2, 0) is 0 Å². The number of fused-ring (bicyclic) bond motifs is 2. The molecule has 5 aromatic rings. The highest BCUT2D eigenvalue weighted by atomic mass is 32.1. The molecule has 7 N–H and O–H groups in total. The molecule has 0 unspecified atom stereocenters. The van der Waals surface area contributed by atoms with Gasteiger partial charge in [-0.1, -0.05) is 19.9 Å². The van der Waals surface area contributed by atoms with Gasteiger partial charge < -0.3 is 36.3 Å². The van der Waals surface area contributed by atoms with Gasteiger partial charge in [0.1, 0.15) is 17.1 Å². The molecule has 0 radical (unpaired) electrons. The molecule has 0 saturated heterocycles. The minimum Gasteiger partial charge on any atom is -0.508 e. The minimum absolute atomic E-state index is 0. The summed E-state index contributed by atoms with van der Waals surface area (Å²) in [4.78, 5) is 86.5. The predicted octanol–water partition coefficient (Wildman–Crippen LogP) is 4.55. The minimum atomic E-state index is -1.11. The Morgan fingerprint density at radius 3 is 1.59 bits per heavy atom. The lowest BCUT2D eigenvalue weighted by Crippen LogP contribution is -2.36. The second kappa shape index (κ2) is 23.5. The van der Waals surface area contributed by atoms with Crippen molar-refractivity contribution in [3.63, 3.8) is 0 Å². The normalized spacial score (nSPS) is 10.3. The first kappa shape index (κ1) is 52.4. The Morgan fingerprint density at radius 2 is 1.13 bits per heavy atom. The first-order valence-corrected chi connectivity index (χ1v) is 19.8. The van der Waals surface area contributed by atoms with E-state index in [1.54, 1.807) is 65.8 Å². The van der Waals surface area contributed by atoms with Gasteiger partial charge in [-0.2, -0.15) is 0 Å². The molecule has 0 fully saturated rings. The molecule has 7 rings (SSSR count). The van der Waals surface area contributed by atoms with Crippen LogP contribution in [0.2, 0.25) is 0 Å². The molecule has 16 heteroatoms. The average molecular weight is 883 g/mol. The van der Waals surface area contributed by atoms with Gasteiger partial charge in [-0.15, -0.1) is 0 Å². The molecule has 0 bridgehead atoms. The highest BCUT2D eigenvalue weighted by Gasteiger charge is 2.22. The molecule has 5 aromatic carbocycles. The van der Waals surface area contributed by atoms with E-state index in [-0.39, 0.29) is 56.7 Å². The Bertz CT molecular complexity index is 2740. The summed E-state index contributed by atoms with van der Waals surface area (Å²) < 4.78 is 5.87. The summed E-state index contributed by atoms with van der Waals surface area (Å²) in [5.74, 6) is -0.816. The second-order valence-electron chi connectivity index (χ2n) is 14.2. The van der Waals surface area contributed by atoms with Crippen LogP contribution in [-0.4, -0.2) is 48.5 Å². The Morgan fingerprint density at radius 1 is 0.651 bits per heavy atom. The number of hydrogen-bond acceptors (Lipinski definition) is 13.